The molecule has 2 heteroatoms. The van der Waals surface area contributed by atoms with Gasteiger partial charge in [-0.2, -0.15) is 0 Å². The van der Waals surface area contributed by atoms with E-state index in [1.54, 1.807) is 0 Å². The third-order valence-corrected chi connectivity index (χ3v) is 5.62. The van der Waals surface area contributed by atoms with Gasteiger partial charge < -0.3 is 5.73 Å². The van der Waals surface area contributed by atoms with Crippen LogP contribution in [0, 0.1) is 25.7 Å². The molecule has 3 rings (SSSR count). The van der Waals surface area contributed by atoms with E-state index in [1.165, 1.54) is 61.9 Å². The predicted molar refractivity (Wildman–Crippen MR) is 89.3 cm³/mol. The number of piperidine rings is 1. The molecule has 0 amide bonds. The monoisotopic (exact) mass is 286 g/mol. The van der Waals surface area contributed by atoms with Crippen LogP contribution in [0.5, 0.6) is 0 Å². The zero-order chi connectivity index (χ0) is 14.8. The molecule has 2 fully saturated rings. The van der Waals surface area contributed by atoms with Gasteiger partial charge in [0.15, 0.2) is 0 Å². The van der Waals surface area contributed by atoms with Crippen LogP contribution in [0.15, 0.2) is 18.2 Å². The molecule has 2 nitrogen and oxygen atoms in total. The van der Waals surface area contributed by atoms with E-state index in [-0.39, 0.29) is 0 Å². The number of hydrogen-bond acceptors (Lipinski definition) is 2. The first kappa shape index (κ1) is 15.1. The molecule has 0 radical (unpaired) electrons. The van der Waals surface area contributed by atoms with Crippen molar-refractivity contribution in [2.24, 2.45) is 17.6 Å². The van der Waals surface area contributed by atoms with E-state index in [1.807, 2.05) is 0 Å². The molecule has 1 aromatic rings. The zero-order valence-electron chi connectivity index (χ0n) is 13.6. The molecular formula is C19H30N2. The Labute approximate surface area is 129 Å². The summed E-state index contributed by atoms with van der Waals surface area (Å²) in [6, 6.07) is 7.32. The van der Waals surface area contributed by atoms with E-state index >= 15 is 0 Å². The summed E-state index contributed by atoms with van der Waals surface area (Å²) in [5, 5.41) is 0. The molecule has 0 aromatic heterocycles. The van der Waals surface area contributed by atoms with Crippen molar-refractivity contribution in [1.29, 1.82) is 0 Å². The Morgan fingerprint density at radius 2 is 1.71 bits per heavy atom. The average molecular weight is 286 g/mol. The van der Waals surface area contributed by atoms with E-state index in [9.17, 15) is 0 Å². The number of fused-ring (bicyclic) bond motifs is 1. The second-order valence-corrected chi connectivity index (χ2v) is 7.26. The molecule has 116 valence electrons. The highest BCUT2D eigenvalue weighted by Gasteiger charge is 2.33. The first-order valence-corrected chi connectivity index (χ1v) is 8.69. The Hall–Kier alpha value is -0.860. The smallest absolute Gasteiger partial charge is 0.0470 e. The minimum Gasteiger partial charge on any atom is -0.329 e. The molecule has 2 N–H and O–H groups in total. The number of aryl methyl sites for hydroxylation is 2. The summed E-state index contributed by atoms with van der Waals surface area (Å²) in [6.07, 6.45) is 7.18. The van der Waals surface area contributed by atoms with Gasteiger partial charge in [-0.3, -0.25) is 4.90 Å². The van der Waals surface area contributed by atoms with Gasteiger partial charge in [-0.1, -0.05) is 48.6 Å². The first-order chi connectivity index (χ1) is 10.2. The summed E-state index contributed by atoms with van der Waals surface area (Å²) in [4.78, 5) is 2.67. The molecule has 21 heavy (non-hydrogen) atoms. The summed E-state index contributed by atoms with van der Waals surface area (Å²) >= 11 is 0. The van der Waals surface area contributed by atoms with E-state index in [2.05, 4.69) is 36.9 Å². The van der Waals surface area contributed by atoms with Gasteiger partial charge in [-0.15, -0.1) is 0 Å². The van der Waals surface area contributed by atoms with Crippen LogP contribution in [0.4, 0.5) is 0 Å². The molecule has 1 heterocycles. The Morgan fingerprint density at radius 1 is 1.05 bits per heavy atom. The normalized spacial score (nSPS) is 28.1. The maximum atomic E-state index is 6.16. The lowest BCUT2D eigenvalue weighted by Gasteiger charge is -2.44. The molecule has 3 unspecified atom stereocenters. The lowest BCUT2D eigenvalue weighted by molar-refractivity contribution is 0.0586. The van der Waals surface area contributed by atoms with Crippen molar-refractivity contribution in [3.8, 4) is 0 Å². The molecule has 0 spiro atoms. The van der Waals surface area contributed by atoms with Crippen LogP contribution in [0.3, 0.4) is 0 Å². The Bertz CT molecular complexity index is 462. The number of nitrogens with two attached hydrogens (primary N) is 1. The summed E-state index contributed by atoms with van der Waals surface area (Å²) < 4.78 is 0. The maximum absolute atomic E-state index is 6.16. The van der Waals surface area contributed by atoms with Crippen molar-refractivity contribution in [2.45, 2.75) is 52.0 Å². The number of rotatable bonds is 3. The predicted octanol–water partition coefficient (Wildman–Crippen LogP) is 3.82. The van der Waals surface area contributed by atoms with Crippen LogP contribution in [0.25, 0.3) is 0 Å². The van der Waals surface area contributed by atoms with E-state index in [4.69, 9.17) is 5.73 Å². The second-order valence-electron chi connectivity index (χ2n) is 7.26. The van der Waals surface area contributed by atoms with Gasteiger partial charge in [0.25, 0.3) is 0 Å². The van der Waals surface area contributed by atoms with Gasteiger partial charge in [-0.05, 0) is 50.6 Å². The molecule has 1 saturated carbocycles. The molecule has 2 aliphatic rings. The topological polar surface area (TPSA) is 29.3 Å². The Morgan fingerprint density at radius 3 is 2.38 bits per heavy atom. The third kappa shape index (κ3) is 3.32. The highest BCUT2D eigenvalue weighted by Crippen LogP contribution is 2.38. The highest BCUT2D eigenvalue weighted by molar-refractivity contribution is 5.31. The molecule has 0 bridgehead atoms. The van der Waals surface area contributed by atoms with Gasteiger partial charge >= 0.3 is 0 Å². The zero-order valence-corrected chi connectivity index (χ0v) is 13.6. The van der Waals surface area contributed by atoms with E-state index < -0.39 is 0 Å². The van der Waals surface area contributed by atoms with Crippen LogP contribution in [0.1, 0.15) is 54.8 Å². The van der Waals surface area contributed by atoms with Gasteiger partial charge in [0, 0.05) is 19.1 Å². The van der Waals surface area contributed by atoms with Gasteiger partial charge in [0.05, 0.1) is 0 Å². The molecule has 1 aromatic carbocycles. The maximum Gasteiger partial charge on any atom is 0.0470 e. The minimum absolute atomic E-state index is 0.409. The summed E-state index contributed by atoms with van der Waals surface area (Å²) in [5.41, 5.74) is 10.3. The van der Waals surface area contributed by atoms with Crippen LogP contribution < -0.4 is 5.73 Å². The van der Waals surface area contributed by atoms with Gasteiger partial charge in [0.2, 0.25) is 0 Å². The molecule has 3 atom stereocenters. The summed E-state index contributed by atoms with van der Waals surface area (Å²) in [6.45, 7) is 7.62. The SMILES string of the molecule is Cc1cc(C)cc(C(CN)N2CCC3CCCCC3C2)c1. The van der Waals surface area contributed by atoms with Crippen molar-refractivity contribution in [3.63, 3.8) is 0 Å². The van der Waals surface area contributed by atoms with E-state index in [0.717, 1.165) is 18.4 Å². The van der Waals surface area contributed by atoms with Crippen molar-refractivity contribution >= 4 is 0 Å². The number of likely N-dealkylation sites (tertiary alicyclic amines) is 1. The number of benzene rings is 1. The molecule has 1 aliphatic heterocycles. The highest BCUT2D eigenvalue weighted by atomic mass is 15.2. The lowest BCUT2D eigenvalue weighted by atomic mass is 9.74. The average Bonchev–Trinajstić information content (AvgIpc) is 2.47. The molecule has 1 aliphatic carbocycles. The fourth-order valence-electron chi connectivity index (χ4n) is 4.61. The largest absolute Gasteiger partial charge is 0.329 e. The van der Waals surface area contributed by atoms with Crippen molar-refractivity contribution < 1.29 is 0 Å². The lowest BCUT2D eigenvalue weighted by Crippen LogP contribution is -2.45. The third-order valence-electron chi connectivity index (χ3n) is 5.62. The fourth-order valence-corrected chi connectivity index (χ4v) is 4.61. The minimum atomic E-state index is 0.409. The fraction of sp³-hybridized carbons (Fsp3) is 0.684. The van der Waals surface area contributed by atoms with Crippen molar-refractivity contribution in [2.75, 3.05) is 19.6 Å². The summed E-state index contributed by atoms with van der Waals surface area (Å²) in [5.74, 6) is 1.92. The van der Waals surface area contributed by atoms with Crippen LogP contribution in [-0.4, -0.2) is 24.5 Å². The molecular weight excluding hydrogens is 256 g/mol. The van der Waals surface area contributed by atoms with E-state index in [0.29, 0.717) is 6.04 Å². The van der Waals surface area contributed by atoms with Gasteiger partial charge in [-0.25, -0.2) is 0 Å². The quantitative estimate of drug-likeness (QED) is 0.915. The van der Waals surface area contributed by atoms with Crippen LogP contribution >= 0.6 is 0 Å². The standard InChI is InChI=1S/C19H30N2/c1-14-9-15(2)11-18(10-14)19(12-20)21-8-7-16-5-3-4-6-17(16)13-21/h9-11,16-17,19H,3-8,12-13,20H2,1-2H3. The second kappa shape index (κ2) is 6.50. The van der Waals surface area contributed by atoms with Gasteiger partial charge in [0.1, 0.15) is 0 Å². The number of nitrogens with zero attached hydrogens (tertiary/aromatic N) is 1. The Balaban J connectivity index is 1.76. The van der Waals surface area contributed by atoms with Crippen molar-refractivity contribution in [3.05, 3.63) is 34.9 Å². The summed E-state index contributed by atoms with van der Waals surface area (Å²) in [7, 11) is 0. The van der Waals surface area contributed by atoms with Crippen LogP contribution in [0.2, 0.25) is 0 Å². The first-order valence-electron chi connectivity index (χ1n) is 8.69. The number of hydrogen-bond donors (Lipinski definition) is 1. The van der Waals surface area contributed by atoms with Crippen LogP contribution in [-0.2, 0) is 0 Å². The Kier molecular flexibility index (Phi) is 4.66. The molecule has 1 saturated heterocycles. The van der Waals surface area contributed by atoms with Crippen molar-refractivity contribution in [1.82, 2.24) is 4.90 Å².